The second-order valence-electron chi connectivity index (χ2n) is 2.47. The summed E-state index contributed by atoms with van der Waals surface area (Å²) in [6, 6.07) is 0. The lowest BCUT2D eigenvalue weighted by atomic mass is 10.2. The molecular weight excluding hydrogens is 147 g/mol. The Morgan fingerprint density at radius 2 is 2.60 bits per heavy atom. The van der Waals surface area contributed by atoms with Gasteiger partial charge >= 0.3 is 0 Å². The van der Waals surface area contributed by atoms with Crippen LogP contribution < -0.4 is 0 Å². The summed E-state index contributed by atoms with van der Waals surface area (Å²) in [5.74, 6) is 2.64. The van der Waals surface area contributed by atoms with Gasteiger partial charge in [0.15, 0.2) is 0 Å². The van der Waals surface area contributed by atoms with E-state index in [1.165, 1.54) is 0 Å². The van der Waals surface area contributed by atoms with E-state index in [1.54, 1.807) is 0 Å². The van der Waals surface area contributed by atoms with Gasteiger partial charge in [0, 0.05) is 12.3 Å². The van der Waals surface area contributed by atoms with E-state index in [4.69, 9.17) is 10.9 Å². The molecule has 1 aliphatic rings. The monoisotopic (exact) mass is 158 g/mol. The van der Waals surface area contributed by atoms with Gasteiger partial charge in [0.2, 0.25) is 7.37 Å². The minimum atomic E-state index is -2.27. The molecule has 1 rings (SSSR count). The molecule has 2 unspecified atom stereocenters. The first kappa shape index (κ1) is 7.85. The first-order valence-electron chi connectivity index (χ1n) is 3.39. The largest absolute Gasteiger partial charge is 0.327 e. The van der Waals surface area contributed by atoms with Crippen LogP contribution in [0.3, 0.4) is 0 Å². The molecule has 2 nitrogen and oxygen atoms in total. The molecule has 0 aromatic carbocycles. The first-order valence-corrected chi connectivity index (χ1v) is 5.38. The molecule has 0 saturated carbocycles. The van der Waals surface area contributed by atoms with Gasteiger partial charge in [0.05, 0.1) is 12.5 Å². The molecule has 0 amide bonds. The maximum absolute atomic E-state index is 11.4. The normalized spacial score (nSPS) is 39.4. The van der Waals surface area contributed by atoms with Gasteiger partial charge in [-0.3, -0.25) is 4.57 Å². The zero-order valence-corrected chi connectivity index (χ0v) is 6.93. The molecule has 0 N–H and O–H groups in total. The summed E-state index contributed by atoms with van der Waals surface area (Å²) in [6.07, 6.45) is 6.36. The number of terminal acetylenes is 1. The molecule has 56 valence electrons. The summed E-state index contributed by atoms with van der Waals surface area (Å²) >= 11 is 0. The van der Waals surface area contributed by atoms with Crippen molar-refractivity contribution in [2.75, 3.05) is 18.9 Å². The minimum Gasteiger partial charge on any atom is -0.327 e. The van der Waals surface area contributed by atoms with Gasteiger partial charge < -0.3 is 4.52 Å². The van der Waals surface area contributed by atoms with Gasteiger partial charge in [-0.25, -0.2) is 0 Å². The number of rotatable bonds is 1. The van der Waals surface area contributed by atoms with Gasteiger partial charge in [-0.05, 0) is 0 Å². The highest BCUT2D eigenvalue weighted by Crippen LogP contribution is 2.52. The molecule has 0 bridgehead atoms. The summed E-state index contributed by atoms with van der Waals surface area (Å²) in [5, 5.41) is 0. The Morgan fingerprint density at radius 3 is 2.90 bits per heavy atom. The Labute approximate surface area is 61.4 Å². The average molecular weight is 158 g/mol. The molecule has 3 heteroatoms. The van der Waals surface area contributed by atoms with E-state index in [0.29, 0.717) is 18.9 Å². The van der Waals surface area contributed by atoms with Crippen LogP contribution in [-0.2, 0) is 9.09 Å². The second kappa shape index (κ2) is 2.78. The fourth-order valence-corrected chi connectivity index (χ4v) is 2.87. The number of hydrogen-bond donors (Lipinski definition) is 0. The molecule has 1 saturated heterocycles. The van der Waals surface area contributed by atoms with Crippen molar-refractivity contribution in [1.29, 1.82) is 0 Å². The molecule has 10 heavy (non-hydrogen) atoms. The Kier molecular flexibility index (Phi) is 2.18. The van der Waals surface area contributed by atoms with E-state index >= 15 is 0 Å². The lowest BCUT2D eigenvalue weighted by Gasteiger charge is -2.04. The van der Waals surface area contributed by atoms with Crippen molar-refractivity contribution in [2.45, 2.75) is 6.92 Å². The summed E-state index contributed by atoms with van der Waals surface area (Å²) < 4.78 is 16.5. The summed E-state index contributed by atoms with van der Waals surface area (Å²) in [5.41, 5.74) is 0. The fraction of sp³-hybridized carbons (Fsp3) is 0.714. The molecule has 0 radical (unpaired) electrons. The van der Waals surface area contributed by atoms with Crippen molar-refractivity contribution in [3.05, 3.63) is 0 Å². The Balaban J connectivity index is 2.60. The van der Waals surface area contributed by atoms with Crippen molar-refractivity contribution in [3.8, 4) is 12.3 Å². The van der Waals surface area contributed by atoms with Gasteiger partial charge in [0.1, 0.15) is 0 Å². The minimum absolute atomic E-state index is 0.0887. The quantitative estimate of drug-likeness (QED) is 0.427. The van der Waals surface area contributed by atoms with Crippen LogP contribution >= 0.6 is 7.37 Å². The highest BCUT2D eigenvalue weighted by molar-refractivity contribution is 7.59. The van der Waals surface area contributed by atoms with Crippen LogP contribution in [0.1, 0.15) is 6.92 Å². The third-order valence-electron chi connectivity index (χ3n) is 1.73. The highest BCUT2D eigenvalue weighted by Gasteiger charge is 2.32. The predicted molar refractivity (Wildman–Crippen MR) is 41.3 cm³/mol. The van der Waals surface area contributed by atoms with Gasteiger partial charge in [-0.2, -0.15) is 0 Å². The molecular formula is C7H11O2P. The zero-order valence-electron chi connectivity index (χ0n) is 6.04. The van der Waals surface area contributed by atoms with Crippen LogP contribution in [-0.4, -0.2) is 18.9 Å². The van der Waals surface area contributed by atoms with Crippen molar-refractivity contribution in [2.24, 2.45) is 5.92 Å². The van der Waals surface area contributed by atoms with Crippen LogP contribution in [0.5, 0.6) is 0 Å². The molecule has 0 spiro atoms. The number of hydrogen-bond acceptors (Lipinski definition) is 2. The maximum Gasteiger partial charge on any atom is 0.204 e. The molecule has 0 aromatic heterocycles. The Morgan fingerprint density at radius 1 is 1.90 bits per heavy atom. The molecule has 0 aromatic rings. The highest BCUT2D eigenvalue weighted by atomic mass is 31.2. The SMILES string of the molecule is C#CC1COP(=O)(CC)C1. The van der Waals surface area contributed by atoms with Crippen LogP contribution in [0.15, 0.2) is 0 Å². The standard InChI is InChI=1S/C7H11O2P/c1-3-7-5-9-10(8,4-2)6-7/h1,7H,4-6H2,2H3. The Bertz CT molecular complexity index is 204. The zero-order chi connectivity index (χ0) is 7.61. The summed E-state index contributed by atoms with van der Waals surface area (Å²) in [4.78, 5) is 0. The van der Waals surface area contributed by atoms with Crippen molar-refractivity contribution < 1.29 is 9.09 Å². The van der Waals surface area contributed by atoms with Crippen molar-refractivity contribution in [3.63, 3.8) is 0 Å². The Hall–Kier alpha value is -0.250. The second-order valence-corrected chi connectivity index (χ2v) is 5.36. The van der Waals surface area contributed by atoms with E-state index in [0.717, 1.165) is 0 Å². The summed E-state index contributed by atoms with van der Waals surface area (Å²) in [7, 11) is -2.27. The van der Waals surface area contributed by atoms with E-state index in [9.17, 15) is 4.57 Å². The van der Waals surface area contributed by atoms with Gasteiger partial charge in [-0.1, -0.05) is 6.92 Å². The molecule has 1 fully saturated rings. The van der Waals surface area contributed by atoms with E-state index < -0.39 is 7.37 Å². The molecule has 1 heterocycles. The topological polar surface area (TPSA) is 26.3 Å². The van der Waals surface area contributed by atoms with Crippen LogP contribution in [0, 0.1) is 18.3 Å². The molecule has 2 atom stereocenters. The predicted octanol–water partition coefficient (Wildman–Crippen LogP) is 1.56. The third-order valence-corrected chi connectivity index (χ3v) is 4.31. The van der Waals surface area contributed by atoms with Gasteiger partial charge in [-0.15, -0.1) is 12.3 Å². The van der Waals surface area contributed by atoms with E-state index in [-0.39, 0.29) is 5.92 Å². The fourth-order valence-electron chi connectivity index (χ4n) is 0.988. The molecule has 1 aliphatic heterocycles. The van der Waals surface area contributed by atoms with E-state index in [2.05, 4.69) is 5.92 Å². The first-order chi connectivity index (χ1) is 4.70. The van der Waals surface area contributed by atoms with Crippen molar-refractivity contribution >= 4 is 7.37 Å². The van der Waals surface area contributed by atoms with Gasteiger partial charge in [0.25, 0.3) is 0 Å². The molecule has 0 aliphatic carbocycles. The lowest BCUT2D eigenvalue weighted by Crippen LogP contribution is -1.97. The lowest BCUT2D eigenvalue weighted by molar-refractivity contribution is 0.332. The van der Waals surface area contributed by atoms with Crippen LogP contribution in [0.4, 0.5) is 0 Å². The third kappa shape index (κ3) is 1.42. The summed E-state index contributed by atoms with van der Waals surface area (Å²) in [6.45, 7) is 2.36. The van der Waals surface area contributed by atoms with E-state index in [1.807, 2.05) is 6.92 Å². The maximum atomic E-state index is 11.4. The average Bonchev–Trinajstić information content (AvgIpc) is 2.33. The van der Waals surface area contributed by atoms with Crippen molar-refractivity contribution in [1.82, 2.24) is 0 Å². The van der Waals surface area contributed by atoms with Crippen LogP contribution in [0.2, 0.25) is 0 Å². The smallest absolute Gasteiger partial charge is 0.204 e. The van der Waals surface area contributed by atoms with Crippen LogP contribution in [0.25, 0.3) is 0 Å².